The van der Waals surface area contributed by atoms with Gasteiger partial charge in [-0.15, -0.1) is 0 Å². The van der Waals surface area contributed by atoms with Gasteiger partial charge in [0.05, 0.1) is 30.7 Å². The van der Waals surface area contributed by atoms with Crippen LogP contribution >= 0.6 is 0 Å². The van der Waals surface area contributed by atoms with Crippen LogP contribution in [0.15, 0.2) is 24.8 Å². The summed E-state index contributed by atoms with van der Waals surface area (Å²) in [5.41, 5.74) is 1.41. The topological polar surface area (TPSA) is 96.2 Å². The minimum absolute atomic E-state index is 0.0152. The standard InChI is InChI=1S/C18H24N6O2/c1-23-11-13(8-20-23)17(12-6-14(25)7-12)22-16-10-19-9-15(21-16)18(26)24-4-2-3-5-24/h8-12,14,17,25H,2-7H2,1H3,(H,21,22)/t12?,14?,17-/m0/s1. The zero-order valence-electron chi connectivity index (χ0n) is 14.9. The van der Waals surface area contributed by atoms with Crippen molar-refractivity contribution in [2.24, 2.45) is 13.0 Å². The number of rotatable bonds is 5. The quantitative estimate of drug-likeness (QED) is 0.840. The van der Waals surface area contributed by atoms with E-state index in [0.29, 0.717) is 17.4 Å². The molecule has 3 heterocycles. The highest BCUT2D eigenvalue weighted by Crippen LogP contribution is 2.39. The van der Waals surface area contributed by atoms with E-state index in [0.717, 1.165) is 44.3 Å². The van der Waals surface area contributed by atoms with Gasteiger partial charge in [-0.05, 0) is 31.6 Å². The van der Waals surface area contributed by atoms with Crippen LogP contribution < -0.4 is 5.32 Å². The number of aliphatic hydroxyl groups excluding tert-OH is 1. The lowest BCUT2D eigenvalue weighted by Crippen LogP contribution is -2.36. The molecule has 26 heavy (non-hydrogen) atoms. The van der Waals surface area contributed by atoms with Gasteiger partial charge in [-0.1, -0.05) is 0 Å². The predicted octanol–water partition coefficient (Wildman–Crippen LogP) is 1.37. The van der Waals surface area contributed by atoms with Crippen molar-refractivity contribution in [2.75, 3.05) is 18.4 Å². The third kappa shape index (κ3) is 3.41. The summed E-state index contributed by atoms with van der Waals surface area (Å²) in [6.45, 7) is 1.58. The van der Waals surface area contributed by atoms with Crippen molar-refractivity contribution in [2.45, 2.75) is 37.8 Å². The number of hydrogen-bond acceptors (Lipinski definition) is 6. The Bertz CT molecular complexity index is 779. The molecule has 8 nitrogen and oxygen atoms in total. The van der Waals surface area contributed by atoms with Crippen molar-refractivity contribution in [3.8, 4) is 0 Å². The number of hydrogen-bond donors (Lipinski definition) is 2. The molecule has 2 aromatic heterocycles. The summed E-state index contributed by atoms with van der Waals surface area (Å²) >= 11 is 0. The molecular weight excluding hydrogens is 332 g/mol. The molecule has 1 saturated heterocycles. The first-order valence-corrected chi connectivity index (χ1v) is 9.14. The first kappa shape index (κ1) is 17.0. The molecule has 0 aromatic carbocycles. The molecule has 1 aliphatic carbocycles. The second-order valence-electron chi connectivity index (χ2n) is 7.24. The van der Waals surface area contributed by atoms with Crippen molar-refractivity contribution in [3.05, 3.63) is 36.0 Å². The zero-order valence-corrected chi connectivity index (χ0v) is 14.9. The number of aryl methyl sites for hydroxylation is 1. The van der Waals surface area contributed by atoms with Crippen LogP contribution in [0, 0.1) is 5.92 Å². The highest BCUT2D eigenvalue weighted by atomic mass is 16.3. The first-order valence-electron chi connectivity index (χ1n) is 9.14. The third-order valence-electron chi connectivity index (χ3n) is 5.26. The smallest absolute Gasteiger partial charge is 0.274 e. The lowest BCUT2D eigenvalue weighted by atomic mass is 9.75. The molecule has 8 heteroatoms. The fourth-order valence-electron chi connectivity index (χ4n) is 3.76. The Labute approximate surface area is 152 Å². The Morgan fingerprint density at radius 3 is 2.69 bits per heavy atom. The first-order chi connectivity index (χ1) is 12.6. The van der Waals surface area contributed by atoms with E-state index in [-0.39, 0.29) is 18.1 Å². The van der Waals surface area contributed by atoms with E-state index >= 15 is 0 Å². The molecule has 2 N–H and O–H groups in total. The predicted molar refractivity (Wildman–Crippen MR) is 95.5 cm³/mol. The van der Waals surface area contributed by atoms with Gasteiger partial charge in [0.25, 0.3) is 5.91 Å². The van der Waals surface area contributed by atoms with Crippen LogP contribution in [0.5, 0.6) is 0 Å². The van der Waals surface area contributed by atoms with E-state index in [1.807, 2.05) is 24.3 Å². The number of anilines is 1. The number of carbonyl (C=O) groups is 1. The highest BCUT2D eigenvalue weighted by molar-refractivity contribution is 5.92. The van der Waals surface area contributed by atoms with Gasteiger partial charge in [0, 0.05) is 31.9 Å². The maximum absolute atomic E-state index is 12.6. The van der Waals surface area contributed by atoms with Gasteiger partial charge in [-0.2, -0.15) is 5.10 Å². The summed E-state index contributed by atoms with van der Waals surface area (Å²) in [6, 6.07) is -0.0152. The Kier molecular flexibility index (Phi) is 4.58. The zero-order chi connectivity index (χ0) is 18.1. The number of nitrogens with zero attached hydrogens (tertiary/aromatic N) is 5. The van der Waals surface area contributed by atoms with Crippen LogP contribution in [-0.2, 0) is 7.05 Å². The van der Waals surface area contributed by atoms with Crippen molar-refractivity contribution >= 4 is 11.7 Å². The van der Waals surface area contributed by atoms with Crippen LogP contribution in [0.25, 0.3) is 0 Å². The molecule has 2 aromatic rings. The van der Waals surface area contributed by atoms with Crippen LogP contribution in [0.4, 0.5) is 5.82 Å². The Morgan fingerprint density at radius 2 is 2.04 bits per heavy atom. The normalized spacial score (nSPS) is 23.5. The van der Waals surface area contributed by atoms with Crippen LogP contribution in [0.1, 0.15) is 47.8 Å². The van der Waals surface area contributed by atoms with Crippen molar-refractivity contribution in [1.29, 1.82) is 0 Å². The van der Waals surface area contributed by atoms with Crippen LogP contribution in [-0.4, -0.2) is 54.9 Å². The van der Waals surface area contributed by atoms with Gasteiger partial charge in [-0.3, -0.25) is 14.5 Å². The summed E-state index contributed by atoms with van der Waals surface area (Å²) in [5, 5.41) is 17.4. The van der Waals surface area contributed by atoms with Gasteiger partial charge in [0.2, 0.25) is 0 Å². The van der Waals surface area contributed by atoms with E-state index in [1.54, 1.807) is 10.9 Å². The fourth-order valence-corrected chi connectivity index (χ4v) is 3.76. The third-order valence-corrected chi connectivity index (χ3v) is 5.26. The molecule has 0 unspecified atom stereocenters. The van der Waals surface area contributed by atoms with Crippen molar-refractivity contribution in [1.82, 2.24) is 24.6 Å². The maximum Gasteiger partial charge on any atom is 0.274 e. The molecule has 0 spiro atoms. The second-order valence-corrected chi connectivity index (χ2v) is 7.24. The molecule has 0 bridgehead atoms. The summed E-state index contributed by atoms with van der Waals surface area (Å²) in [7, 11) is 1.88. The number of likely N-dealkylation sites (tertiary alicyclic amines) is 1. The van der Waals surface area contributed by atoms with Crippen LogP contribution in [0.2, 0.25) is 0 Å². The van der Waals surface area contributed by atoms with Gasteiger partial charge < -0.3 is 15.3 Å². The SMILES string of the molecule is Cn1cc([C@@H](Nc2cncc(C(=O)N3CCCC3)n2)C2CC(O)C2)cn1. The maximum atomic E-state index is 12.6. The average molecular weight is 356 g/mol. The summed E-state index contributed by atoms with van der Waals surface area (Å²) in [5.74, 6) is 0.815. The number of aromatic nitrogens is 4. The molecule has 138 valence electrons. The average Bonchev–Trinajstić information content (AvgIpc) is 3.28. The highest BCUT2D eigenvalue weighted by Gasteiger charge is 2.35. The summed E-state index contributed by atoms with van der Waals surface area (Å²) in [6.07, 6.45) is 10.3. The lowest BCUT2D eigenvalue weighted by molar-refractivity contribution is 0.0339. The molecule has 0 radical (unpaired) electrons. The number of amides is 1. The fraction of sp³-hybridized carbons (Fsp3) is 0.556. The monoisotopic (exact) mass is 356 g/mol. The molecule has 1 saturated carbocycles. The van der Waals surface area contributed by atoms with Gasteiger partial charge in [-0.25, -0.2) is 4.98 Å². The van der Waals surface area contributed by atoms with E-state index in [9.17, 15) is 9.90 Å². The van der Waals surface area contributed by atoms with E-state index in [4.69, 9.17) is 0 Å². The number of nitrogens with one attached hydrogen (secondary N) is 1. The Hall–Kier alpha value is -2.48. The molecule has 1 amide bonds. The molecule has 2 aliphatic rings. The number of aliphatic hydroxyl groups is 1. The van der Waals surface area contributed by atoms with E-state index in [1.165, 1.54) is 6.20 Å². The van der Waals surface area contributed by atoms with Gasteiger partial charge in [0.1, 0.15) is 11.5 Å². The minimum Gasteiger partial charge on any atom is -0.393 e. The van der Waals surface area contributed by atoms with Crippen molar-refractivity contribution < 1.29 is 9.90 Å². The largest absolute Gasteiger partial charge is 0.393 e. The Morgan fingerprint density at radius 1 is 1.27 bits per heavy atom. The minimum atomic E-state index is -0.241. The molecule has 2 fully saturated rings. The Balaban J connectivity index is 1.53. The van der Waals surface area contributed by atoms with Crippen molar-refractivity contribution in [3.63, 3.8) is 0 Å². The lowest BCUT2D eigenvalue weighted by Gasteiger charge is -2.37. The van der Waals surface area contributed by atoms with Gasteiger partial charge >= 0.3 is 0 Å². The molecule has 1 atom stereocenters. The number of carbonyl (C=O) groups excluding carboxylic acids is 1. The summed E-state index contributed by atoms with van der Waals surface area (Å²) < 4.78 is 1.76. The molecular formula is C18H24N6O2. The van der Waals surface area contributed by atoms with Crippen LogP contribution in [0.3, 0.4) is 0 Å². The van der Waals surface area contributed by atoms with E-state index in [2.05, 4.69) is 20.4 Å². The van der Waals surface area contributed by atoms with Gasteiger partial charge in [0.15, 0.2) is 0 Å². The summed E-state index contributed by atoms with van der Waals surface area (Å²) in [4.78, 5) is 23.1. The van der Waals surface area contributed by atoms with E-state index < -0.39 is 0 Å². The molecule has 1 aliphatic heterocycles. The molecule has 4 rings (SSSR count). The second kappa shape index (κ2) is 7.03.